The lowest BCUT2D eigenvalue weighted by Crippen LogP contribution is -2.38. The maximum Gasteiger partial charge on any atom is 0.573 e. The maximum absolute atomic E-state index is 12.2. The van der Waals surface area contributed by atoms with Gasteiger partial charge in [-0.3, -0.25) is 4.79 Å². The number of alkyl halides is 3. The number of sulfonamides is 1. The smallest absolute Gasteiger partial charge is 0.406 e. The van der Waals surface area contributed by atoms with Crippen LogP contribution in [0.15, 0.2) is 29.2 Å². The van der Waals surface area contributed by atoms with Crippen LogP contribution >= 0.6 is 0 Å². The second-order valence-electron chi connectivity index (χ2n) is 4.94. The monoisotopic (exact) mass is 352 g/mol. The number of amides is 1. The summed E-state index contributed by atoms with van der Waals surface area (Å²) in [4.78, 5) is 12.9. The molecule has 1 N–H and O–H groups in total. The lowest BCUT2D eigenvalue weighted by atomic mass is 10.3. The Bertz CT molecular complexity index is 670. The van der Waals surface area contributed by atoms with Crippen LogP contribution in [-0.4, -0.2) is 45.2 Å². The molecule has 1 saturated heterocycles. The highest BCUT2D eigenvalue weighted by molar-refractivity contribution is 7.89. The van der Waals surface area contributed by atoms with Crippen LogP contribution in [0.3, 0.4) is 0 Å². The van der Waals surface area contributed by atoms with Crippen molar-refractivity contribution < 1.29 is 31.1 Å². The molecule has 0 spiro atoms. The Morgan fingerprint density at radius 1 is 1.26 bits per heavy atom. The van der Waals surface area contributed by atoms with Crippen LogP contribution in [0.2, 0.25) is 0 Å². The third kappa shape index (κ3) is 5.10. The fraction of sp³-hybridized carbons (Fsp3) is 0.462. The average Bonchev–Trinajstić information content (AvgIpc) is 2.97. The summed E-state index contributed by atoms with van der Waals surface area (Å²) in [6, 6.07) is 3.97. The topological polar surface area (TPSA) is 75.7 Å². The molecule has 128 valence electrons. The van der Waals surface area contributed by atoms with Gasteiger partial charge in [0.1, 0.15) is 5.75 Å². The minimum absolute atomic E-state index is 0.367. The van der Waals surface area contributed by atoms with Crippen molar-refractivity contribution >= 4 is 15.9 Å². The summed E-state index contributed by atoms with van der Waals surface area (Å²) < 4.78 is 66.3. The number of ether oxygens (including phenoxy) is 1. The number of benzene rings is 1. The summed E-state index contributed by atoms with van der Waals surface area (Å²) in [5.41, 5.74) is 0. The summed E-state index contributed by atoms with van der Waals surface area (Å²) in [5, 5.41) is 0. The zero-order chi connectivity index (χ0) is 17.1. The van der Waals surface area contributed by atoms with E-state index in [1.54, 1.807) is 0 Å². The SMILES string of the molecule is O=C(CNS(=O)(=O)c1cccc(OC(F)(F)F)c1)N1CCCC1. The largest absolute Gasteiger partial charge is 0.573 e. The first-order valence-corrected chi connectivity index (χ1v) is 8.29. The van der Waals surface area contributed by atoms with E-state index >= 15 is 0 Å². The molecular formula is C13H15F3N2O4S. The van der Waals surface area contributed by atoms with E-state index in [1.165, 1.54) is 4.90 Å². The van der Waals surface area contributed by atoms with Crippen molar-refractivity contribution in [2.24, 2.45) is 0 Å². The second-order valence-corrected chi connectivity index (χ2v) is 6.70. The Balaban J connectivity index is 2.04. The van der Waals surface area contributed by atoms with Crippen LogP contribution in [-0.2, 0) is 14.8 Å². The van der Waals surface area contributed by atoms with E-state index in [1.807, 2.05) is 0 Å². The molecule has 0 radical (unpaired) electrons. The minimum atomic E-state index is -4.92. The first-order chi connectivity index (χ1) is 10.7. The number of halogens is 3. The van der Waals surface area contributed by atoms with Crippen LogP contribution in [0.25, 0.3) is 0 Å². The van der Waals surface area contributed by atoms with E-state index in [4.69, 9.17) is 0 Å². The highest BCUT2D eigenvalue weighted by Gasteiger charge is 2.31. The van der Waals surface area contributed by atoms with E-state index in [0.29, 0.717) is 13.1 Å². The molecule has 1 aliphatic heterocycles. The van der Waals surface area contributed by atoms with Gasteiger partial charge in [-0.15, -0.1) is 13.2 Å². The first-order valence-electron chi connectivity index (χ1n) is 6.81. The maximum atomic E-state index is 12.2. The molecule has 6 nitrogen and oxygen atoms in total. The van der Waals surface area contributed by atoms with Crippen LogP contribution < -0.4 is 9.46 Å². The second kappa shape index (κ2) is 6.75. The molecule has 1 aromatic carbocycles. The van der Waals surface area contributed by atoms with E-state index < -0.39 is 33.6 Å². The Morgan fingerprint density at radius 3 is 2.52 bits per heavy atom. The van der Waals surface area contributed by atoms with Crippen molar-refractivity contribution in [3.63, 3.8) is 0 Å². The van der Waals surface area contributed by atoms with Gasteiger partial charge in [0.15, 0.2) is 0 Å². The van der Waals surface area contributed by atoms with Gasteiger partial charge >= 0.3 is 6.36 Å². The van der Waals surface area contributed by atoms with Crippen LogP contribution in [0, 0.1) is 0 Å². The molecule has 10 heteroatoms. The van der Waals surface area contributed by atoms with Gasteiger partial charge < -0.3 is 9.64 Å². The quantitative estimate of drug-likeness (QED) is 0.871. The number of carbonyl (C=O) groups is 1. The van der Waals surface area contributed by atoms with Gasteiger partial charge in [-0.25, -0.2) is 13.1 Å². The van der Waals surface area contributed by atoms with E-state index in [2.05, 4.69) is 9.46 Å². The summed E-state index contributed by atoms with van der Waals surface area (Å²) in [6.07, 6.45) is -3.17. The van der Waals surface area contributed by atoms with Crippen LogP contribution in [0.5, 0.6) is 5.75 Å². The molecule has 1 heterocycles. The fourth-order valence-electron chi connectivity index (χ4n) is 2.16. The predicted molar refractivity (Wildman–Crippen MR) is 74.1 cm³/mol. The zero-order valence-corrected chi connectivity index (χ0v) is 12.8. The van der Waals surface area contributed by atoms with Gasteiger partial charge in [0.25, 0.3) is 0 Å². The van der Waals surface area contributed by atoms with Gasteiger partial charge in [-0.2, -0.15) is 0 Å². The lowest BCUT2D eigenvalue weighted by Gasteiger charge is -2.15. The molecule has 1 amide bonds. The Labute approximate surface area is 131 Å². The van der Waals surface area contributed by atoms with Gasteiger partial charge in [-0.05, 0) is 25.0 Å². The van der Waals surface area contributed by atoms with Gasteiger partial charge in [-0.1, -0.05) is 6.07 Å². The van der Waals surface area contributed by atoms with Crippen molar-refractivity contribution in [2.45, 2.75) is 24.1 Å². The highest BCUT2D eigenvalue weighted by atomic mass is 32.2. The minimum Gasteiger partial charge on any atom is -0.406 e. The summed E-state index contributed by atoms with van der Waals surface area (Å²) in [6.45, 7) is 0.720. The van der Waals surface area contributed by atoms with E-state index in [0.717, 1.165) is 37.1 Å². The number of nitrogens with one attached hydrogen (secondary N) is 1. The van der Waals surface area contributed by atoms with Crippen molar-refractivity contribution in [3.05, 3.63) is 24.3 Å². The summed E-state index contributed by atoms with van der Waals surface area (Å²) >= 11 is 0. The Kier molecular flexibility index (Phi) is 5.15. The first kappa shape index (κ1) is 17.5. The standard InChI is InChI=1S/C13H15F3N2O4S/c14-13(15,16)22-10-4-3-5-11(8-10)23(20,21)17-9-12(19)18-6-1-2-7-18/h3-5,8,17H,1-2,6-7,9H2. The molecule has 0 bridgehead atoms. The van der Waals surface area contributed by atoms with Gasteiger partial charge in [0, 0.05) is 19.2 Å². The van der Waals surface area contributed by atoms with Crippen molar-refractivity contribution in [2.75, 3.05) is 19.6 Å². The lowest BCUT2D eigenvalue weighted by molar-refractivity contribution is -0.274. The normalized spacial score (nSPS) is 15.7. The third-order valence-electron chi connectivity index (χ3n) is 3.22. The molecule has 0 aliphatic carbocycles. The number of rotatable bonds is 5. The molecule has 2 rings (SSSR count). The number of hydrogen-bond donors (Lipinski definition) is 1. The van der Waals surface area contributed by atoms with E-state index in [9.17, 15) is 26.4 Å². The van der Waals surface area contributed by atoms with Crippen LogP contribution in [0.1, 0.15) is 12.8 Å². The summed E-state index contributed by atoms with van der Waals surface area (Å²) in [7, 11) is -4.11. The fourth-order valence-corrected chi connectivity index (χ4v) is 3.17. The summed E-state index contributed by atoms with van der Waals surface area (Å²) in [5.74, 6) is -1.01. The molecule has 23 heavy (non-hydrogen) atoms. The predicted octanol–water partition coefficient (Wildman–Crippen LogP) is 1.49. The average molecular weight is 352 g/mol. The van der Waals surface area contributed by atoms with Gasteiger partial charge in [0.2, 0.25) is 15.9 Å². The van der Waals surface area contributed by atoms with Crippen molar-refractivity contribution in [1.29, 1.82) is 0 Å². The molecule has 0 saturated carbocycles. The number of likely N-dealkylation sites (tertiary alicyclic amines) is 1. The molecule has 1 aromatic rings. The Hall–Kier alpha value is -1.81. The van der Waals surface area contributed by atoms with Gasteiger partial charge in [0.05, 0.1) is 11.4 Å². The molecule has 1 fully saturated rings. The number of carbonyl (C=O) groups excluding carboxylic acids is 1. The highest BCUT2D eigenvalue weighted by Crippen LogP contribution is 2.24. The van der Waals surface area contributed by atoms with Crippen LogP contribution in [0.4, 0.5) is 13.2 Å². The van der Waals surface area contributed by atoms with Crippen molar-refractivity contribution in [3.8, 4) is 5.75 Å². The third-order valence-corrected chi connectivity index (χ3v) is 4.62. The Morgan fingerprint density at radius 2 is 1.91 bits per heavy atom. The molecule has 1 aliphatic rings. The molecule has 0 atom stereocenters. The molecule has 0 unspecified atom stereocenters. The zero-order valence-electron chi connectivity index (χ0n) is 12.0. The number of nitrogens with zero attached hydrogens (tertiary/aromatic N) is 1. The van der Waals surface area contributed by atoms with Crippen molar-refractivity contribution in [1.82, 2.24) is 9.62 Å². The van der Waals surface area contributed by atoms with E-state index in [-0.39, 0.29) is 5.91 Å². The molecule has 0 aromatic heterocycles. The molecular weight excluding hydrogens is 337 g/mol. The number of hydrogen-bond acceptors (Lipinski definition) is 4.